The maximum Gasteiger partial charge on any atom is 0.0485 e. The summed E-state index contributed by atoms with van der Waals surface area (Å²) in [5.41, 5.74) is 4.17. The summed E-state index contributed by atoms with van der Waals surface area (Å²) in [6, 6.07) is 8.60. The van der Waals surface area contributed by atoms with E-state index in [9.17, 15) is 0 Å². The van der Waals surface area contributed by atoms with Gasteiger partial charge in [0.2, 0.25) is 0 Å². The van der Waals surface area contributed by atoms with E-state index in [1.54, 1.807) is 0 Å². The number of rotatable bonds is 1. The second-order valence-electron chi connectivity index (χ2n) is 3.47. The van der Waals surface area contributed by atoms with Crippen LogP contribution in [0.25, 0.3) is 10.9 Å². The van der Waals surface area contributed by atoms with Crippen LogP contribution >= 0.6 is 0 Å². The number of hydrogen-bond donors (Lipinski definition) is 0. The van der Waals surface area contributed by atoms with Gasteiger partial charge in [0, 0.05) is 23.1 Å². The number of nitrogens with zero attached hydrogens (tertiary/aromatic N) is 1. The lowest BCUT2D eigenvalue weighted by atomic mass is 10.2. The molecule has 1 aromatic carbocycles. The third-order valence-corrected chi connectivity index (χ3v) is 2.86. The Morgan fingerprint density at radius 1 is 0.941 bits per heavy atom. The first-order valence-electron chi connectivity index (χ1n) is 6.80. The Labute approximate surface area is 106 Å². The molecule has 0 N–H and O–H groups in total. The minimum atomic E-state index is 1.06. The van der Waals surface area contributed by atoms with E-state index in [0.29, 0.717) is 0 Å². The van der Waals surface area contributed by atoms with Gasteiger partial charge in [-0.25, -0.2) is 0 Å². The maximum atomic E-state index is 2.37. The zero-order valence-electron chi connectivity index (χ0n) is 12.5. The normalized spacial score (nSPS) is 9.12. The number of aromatic nitrogens is 1. The summed E-state index contributed by atoms with van der Waals surface area (Å²) in [5.74, 6) is 0. The monoisotopic (exact) mass is 233 g/mol. The quantitative estimate of drug-likeness (QED) is 0.627. The van der Waals surface area contributed by atoms with E-state index in [0.717, 1.165) is 6.54 Å². The molecule has 0 unspecified atom stereocenters. The van der Waals surface area contributed by atoms with E-state index in [1.165, 1.54) is 22.2 Å². The molecule has 1 nitrogen and oxygen atoms in total. The Balaban J connectivity index is 0.000000581. The summed E-state index contributed by atoms with van der Waals surface area (Å²) in [6.45, 7) is 15.6. The van der Waals surface area contributed by atoms with E-state index in [1.807, 2.05) is 27.7 Å². The molecule has 1 heterocycles. The van der Waals surface area contributed by atoms with Gasteiger partial charge in [0.1, 0.15) is 0 Å². The van der Waals surface area contributed by atoms with Crippen LogP contribution in [0.3, 0.4) is 0 Å². The fourth-order valence-corrected chi connectivity index (χ4v) is 2.01. The standard InChI is InChI=1S/C12H15N.2C2H6/c1-4-13-10(3)9(2)11-7-5-6-8-12(11)13;2*1-2/h5-8H,4H2,1-3H3;2*1-2H3. The van der Waals surface area contributed by atoms with Crippen LogP contribution in [0, 0.1) is 13.8 Å². The third kappa shape index (κ3) is 3.12. The molecule has 0 aliphatic heterocycles. The molecule has 0 fully saturated rings. The molecule has 2 aromatic rings. The fraction of sp³-hybridized carbons (Fsp3) is 0.500. The summed E-state index contributed by atoms with van der Waals surface area (Å²) < 4.78 is 2.37. The maximum absolute atomic E-state index is 2.37. The van der Waals surface area contributed by atoms with Crippen LogP contribution < -0.4 is 0 Å². The van der Waals surface area contributed by atoms with Crippen molar-refractivity contribution in [1.29, 1.82) is 0 Å². The summed E-state index contributed by atoms with van der Waals surface area (Å²) in [4.78, 5) is 0. The first kappa shape index (κ1) is 15.8. The molecule has 0 atom stereocenters. The highest BCUT2D eigenvalue weighted by Crippen LogP contribution is 2.24. The predicted octanol–water partition coefficient (Wildman–Crippen LogP) is 5.33. The zero-order chi connectivity index (χ0) is 13.4. The van der Waals surface area contributed by atoms with Gasteiger partial charge in [0.25, 0.3) is 0 Å². The minimum absolute atomic E-state index is 1.06. The second kappa shape index (κ2) is 7.94. The van der Waals surface area contributed by atoms with Crippen molar-refractivity contribution in [2.24, 2.45) is 0 Å². The van der Waals surface area contributed by atoms with Gasteiger partial charge >= 0.3 is 0 Å². The lowest BCUT2D eigenvalue weighted by Crippen LogP contribution is -1.95. The molecule has 96 valence electrons. The minimum Gasteiger partial charge on any atom is -0.345 e. The molecular weight excluding hydrogens is 206 g/mol. The SMILES string of the molecule is CC.CC.CCn1c(C)c(C)c2ccccc21. The highest BCUT2D eigenvalue weighted by atomic mass is 15.0. The van der Waals surface area contributed by atoms with E-state index in [-0.39, 0.29) is 0 Å². The van der Waals surface area contributed by atoms with Gasteiger partial charge in [-0.15, -0.1) is 0 Å². The van der Waals surface area contributed by atoms with Gasteiger partial charge < -0.3 is 4.57 Å². The Kier molecular flexibility index (Phi) is 7.36. The molecule has 0 radical (unpaired) electrons. The highest BCUT2D eigenvalue weighted by Gasteiger charge is 2.07. The first-order valence-corrected chi connectivity index (χ1v) is 6.80. The second-order valence-corrected chi connectivity index (χ2v) is 3.47. The highest BCUT2D eigenvalue weighted by molar-refractivity contribution is 5.85. The average molecular weight is 233 g/mol. The van der Waals surface area contributed by atoms with Crippen molar-refractivity contribution in [3.05, 3.63) is 35.5 Å². The van der Waals surface area contributed by atoms with Crippen LogP contribution in [0.2, 0.25) is 0 Å². The van der Waals surface area contributed by atoms with Crippen LogP contribution in [-0.2, 0) is 6.54 Å². The lowest BCUT2D eigenvalue weighted by molar-refractivity contribution is 0.766. The van der Waals surface area contributed by atoms with Gasteiger partial charge in [-0.05, 0) is 32.4 Å². The van der Waals surface area contributed by atoms with E-state index >= 15 is 0 Å². The largest absolute Gasteiger partial charge is 0.345 e. The first-order chi connectivity index (χ1) is 8.25. The molecule has 2 rings (SSSR count). The molecule has 0 aliphatic rings. The molecule has 0 saturated heterocycles. The summed E-state index contributed by atoms with van der Waals surface area (Å²) in [5, 5.41) is 1.39. The molecule has 0 aliphatic carbocycles. The van der Waals surface area contributed by atoms with Crippen molar-refractivity contribution in [2.75, 3.05) is 0 Å². The zero-order valence-corrected chi connectivity index (χ0v) is 12.5. The predicted molar refractivity (Wildman–Crippen MR) is 79.8 cm³/mol. The Hall–Kier alpha value is -1.24. The van der Waals surface area contributed by atoms with Crippen LogP contribution in [0.5, 0.6) is 0 Å². The number of benzene rings is 1. The van der Waals surface area contributed by atoms with E-state index in [4.69, 9.17) is 0 Å². The van der Waals surface area contributed by atoms with Gasteiger partial charge in [-0.3, -0.25) is 0 Å². The number of para-hydroxylation sites is 1. The molecule has 1 aromatic heterocycles. The lowest BCUT2D eigenvalue weighted by Gasteiger charge is -2.02. The smallest absolute Gasteiger partial charge is 0.0485 e. The molecule has 0 spiro atoms. The number of aryl methyl sites for hydroxylation is 2. The number of hydrogen-bond acceptors (Lipinski definition) is 0. The summed E-state index contributed by atoms with van der Waals surface area (Å²) >= 11 is 0. The molecule has 0 bridgehead atoms. The Bertz CT molecular complexity index is 438. The van der Waals surface area contributed by atoms with Crippen molar-refractivity contribution in [2.45, 2.75) is 55.0 Å². The fourth-order valence-electron chi connectivity index (χ4n) is 2.01. The van der Waals surface area contributed by atoms with Gasteiger partial charge in [-0.1, -0.05) is 45.9 Å². The van der Waals surface area contributed by atoms with Crippen molar-refractivity contribution < 1.29 is 0 Å². The van der Waals surface area contributed by atoms with E-state index in [2.05, 4.69) is 49.6 Å². The van der Waals surface area contributed by atoms with Crippen LogP contribution in [0.1, 0.15) is 45.9 Å². The van der Waals surface area contributed by atoms with Crippen molar-refractivity contribution in [1.82, 2.24) is 4.57 Å². The Morgan fingerprint density at radius 3 is 2.00 bits per heavy atom. The Morgan fingerprint density at radius 2 is 1.47 bits per heavy atom. The van der Waals surface area contributed by atoms with Gasteiger partial charge in [0.15, 0.2) is 0 Å². The third-order valence-electron chi connectivity index (χ3n) is 2.86. The number of fused-ring (bicyclic) bond motifs is 1. The van der Waals surface area contributed by atoms with Gasteiger partial charge in [-0.2, -0.15) is 0 Å². The van der Waals surface area contributed by atoms with E-state index < -0.39 is 0 Å². The van der Waals surface area contributed by atoms with Gasteiger partial charge in [0.05, 0.1) is 0 Å². The van der Waals surface area contributed by atoms with Crippen molar-refractivity contribution >= 4 is 10.9 Å². The molecule has 0 saturated carbocycles. The summed E-state index contributed by atoms with van der Waals surface area (Å²) in [6.07, 6.45) is 0. The molecule has 1 heteroatoms. The molecule has 0 amide bonds. The molecular formula is C16H27N. The van der Waals surface area contributed by atoms with Crippen LogP contribution in [0.15, 0.2) is 24.3 Å². The topological polar surface area (TPSA) is 4.93 Å². The van der Waals surface area contributed by atoms with Crippen molar-refractivity contribution in [3.63, 3.8) is 0 Å². The van der Waals surface area contributed by atoms with Crippen molar-refractivity contribution in [3.8, 4) is 0 Å². The van der Waals surface area contributed by atoms with Crippen LogP contribution in [0.4, 0.5) is 0 Å². The average Bonchev–Trinajstić information content (AvgIpc) is 2.67. The molecule has 17 heavy (non-hydrogen) atoms. The summed E-state index contributed by atoms with van der Waals surface area (Å²) in [7, 11) is 0. The van der Waals surface area contributed by atoms with Crippen LogP contribution in [-0.4, -0.2) is 4.57 Å².